The fourth-order valence-corrected chi connectivity index (χ4v) is 3.19. The Balaban J connectivity index is 1.74. The smallest absolute Gasteiger partial charge is 0.255 e. The van der Waals surface area contributed by atoms with Crippen molar-refractivity contribution in [2.45, 2.75) is 25.0 Å². The Labute approximate surface area is 159 Å². The predicted octanol–water partition coefficient (Wildman–Crippen LogP) is 2.53. The number of aryl methyl sites for hydroxylation is 1. The molecule has 2 aromatic heterocycles. The van der Waals surface area contributed by atoms with Crippen LogP contribution in [-0.2, 0) is 17.8 Å². The second-order valence-corrected chi connectivity index (χ2v) is 7.14. The zero-order chi connectivity index (χ0) is 18.8. The Bertz CT molecular complexity index is 1030. The highest BCUT2D eigenvalue weighted by Crippen LogP contribution is 2.18. The van der Waals surface area contributed by atoms with Crippen molar-refractivity contribution in [2.75, 3.05) is 13.3 Å². The SMILES string of the molecule is CSc1nc(C)c(CC(=O)N(C)Cc2nc3ccc(Cl)cc3[nH]2)c(=O)[nH]1. The Morgan fingerprint density at radius 1 is 1.31 bits per heavy atom. The molecule has 1 amide bonds. The van der Waals surface area contributed by atoms with Crippen LogP contribution >= 0.6 is 23.4 Å². The van der Waals surface area contributed by atoms with E-state index < -0.39 is 0 Å². The van der Waals surface area contributed by atoms with Gasteiger partial charge in [0.25, 0.3) is 5.56 Å². The third-order valence-corrected chi connectivity index (χ3v) is 4.84. The summed E-state index contributed by atoms with van der Waals surface area (Å²) in [5.74, 6) is 0.468. The van der Waals surface area contributed by atoms with Crippen LogP contribution in [0.25, 0.3) is 11.0 Å². The van der Waals surface area contributed by atoms with Gasteiger partial charge in [0.2, 0.25) is 5.91 Å². The number of hydrogen-bond acceptors (Lipinski definition) is 5. The molecule has 26 heavy (non-hydrogen) atoms. The standard InChI is InChI=1S/C17H18ClN5O2S/c1-9-11(16(25)22-17(19-9)26-3)7-15(24)23(2)8-14-20-12-5-4-10(18)6-13(12)21-14/h4-6H,7-8H2,1-3H3,(H,20,21)(H,19,22,25). The maximum atomic E-state index is 12.5. The van der Waals surface area contributed by atoms with E-state index in [4.69, 9.17) is 11.6 Å². The molecule has 7 nitrogen and oxygen atoms in total. The summed E-state index contributed by atoms with van der Waals surface area (Å²) in [6.45, 7) is 2.04. The quantitative estimate of drug-likeness (QED) is 0.514. The molecule has 3 rings (SSSR count). The molecule has 0 bridgehead atoms. The van der Waals surface area contributed by atoms with Crippen molar-refractivity contribution < 1.29 is 4.79 Å². The zero-order valence-corrected chi connectivity index (χ0v) is 16.2. The Hall–Kier alpha value is -2.32. The minimum Gasteiger partial charge on any atom is -0.340 e. The summed E-state index contributed by atoms with van der Waals surface area (Å²) in [4.78, 5) is 40.8. The van der Waals surface area contributed by atoms with Crippen LogP contribution in [0.2, 0.25) is 5.02 Å². The van der Waals surface area contributed by atoms with Crippen LogP contribution in [-0.4, -0.2) is 44.0 Å². The lowest BCUT2D eigenvalue weighted by atomic mass is 10.1. The predicted molar refractivity (Wildman–Crippen MR) is 103 cm³/mol. The van der Waals surface area contributed by atoms with Crippen molar-refractivity contribution in [3.05, 3.63) is 50.7 Å². The number of amides is 1. The summed E-state index contributed by atoms with van der Waals surface area (Å²) in [5, 5.41) is 1.16. The van der Waals surface area contributed by atoms with Gasteiger partial charge in [0, 0.05) is 23.3 Å². The Morgan fingerprint density at radius 3 is 2.77 bits per heavy atom. The largest absolute Gasteiger partial charge is 0.340 e. The highest BCUT2D eigenvalue weighted by molar-refractivity contribution is 7.98. The number of aromatic amines is 2. The number of nitrogens with zero attached hydrogens (tertiary/aromatic N) is 3. The van der Waals surface area contributed by atoms with E-state index in [1.165, 1.54) is 16.7 Å². The molecule has 0 aliphatic carbocycles. The van der Waals surface area contributed by atoms with Crippen molar-refractivity contribution in [1.82, 2.24) is 24.8 Å². The second kappa shape index (κ2) is 7.51. The van der Waals surface area contributed by atoms with Crippen LogP contribution in [0, 0.1) is 6.92 Å². The van der Waals surface area contributed by atoms with Crippen LogP contribution in [0.1, 0.15) is 17.1 Å². The summed E-state index contributed by atoms with van der Waals surface area (Å²) < 4.78 is 0. The lowest BCUT2D eigenvalue weighted by Gasteiger charge is -2.16. The van der Waals surface area contributed by atoms with Crippen LogP contribution in [0.15, 0.2) is 28.2 Å². The van der Waals surface area contributed by atoms with Crippen molar-refractivity contribution in [1.29, 1.82) is 0 Å². The van der Waals surface area contributed by atoms with Crippen molar-refractivity contribution >= 4 is 40.3 Å². The summed E-state index contributed by atoms with van der Waals surface area (Å²) in [6.07, 6.45) is 1.82. The molecule has 9 heteroatoms. The molecule has 0 radical (unpaired) electrons. The van der Waals surface area contributed by atoms with Gasteiger partial charge >= 0.3 is 0 Å². The minimum atomic E-state index is -0.276. The fraction of sp³-hybridized carbons (Fsp3) is 0.294. The highest BCUT2D eigenvalue weighted by atomic mass is 35.5. The number of carbonyl (C=O) groups is 1. The van der Waals surface area contributed by atoms with Gasteiger partial charge in [-0.15, -0.1) is 0 Å². The number of hydrogen-bond donors (Lipinski definition) is 2. The number of H-pyrrole nitrogens is 2. The molecule has 0 aliphatic heterocycles. The zero-order valence-electron chi connectivity index (χ0n) is 14.6. The minimum absolute atomic E-state index is 0.00855. The van der Waals surface area contributed by atoms with E-state index in [1.54, 1.807) is 26.1 Å². The number of benzene rings is 1. The molecular formula is C17H18ClN5O2S. The van der Waals surface area contributed by atoms with Gasteiger partial charge in [0.05, 0.1) is 24.0 Å². The van der Waals surface area contributed by atoms with Gasteiger partial charge in [-0.05, 0) is 31.4 Å². The first-order valence-electron chi connectivity index (χ1n) is 7.89. The number of likely N-dealkylation sites (N-methyl/N-ethyl adjacent to an activating group) is 1. The van der Waals surface area contributed by atoms with Crippen LogP contribution in [0.5, 0.6) is 0 Å². The molecule has 3 aromatic rings. The monoisotopic (exact) mass is 391 g/mol. The summed E-state index contributed by atoms with van der Waals surface area (Å²) in [7, 11) is 1.68. The van der Waals surface area contributed by atoms with E-state index in [-0.39, 0.29) is 17.9 Å². The van der Waals surface area contributed by atoms with E-state index >= 15 is 0 Å². The van der Waals surface area contributed by atoms with E-state index in [0.717, 1.165) is 11.0 Å². The normalized spacial score (nSPS) is 11.1. The highest BCUT2D eigenvalue weighted by Gasteiger charge is 2.17. The van der Waals surface area contributed by atoms with Crippen molar-refractivity contribution in [3.63, 3.8) is 0 Å². The van der Waals surface area contributed by atoms with Gasteiger partial charge in [-0.25, -0.2) is 9.97 Å². The number of thioether (sulfide) groups is 1. The summed E-state index contributed by atoms with van der Waals surface area (Å²) in [5.41, 5.74) is 2.28. The van der Waals surface area contributed by atoms with Gasteiger partial charge < -0.3 is 14.9 Å². The van der Waals surface area contributed by atoms with Crippen LogP contribution < -0.4 is 5.56 Å². The maximum absolute atomic E-state index is 12.5. The second-order valence-electron chi connectivity index (χ2n) is 5.91. The lowest BCUT2D eigenvalue weighted by molar-refractivity contribution is -0.129. The average molecular weight is 392 g/mol. The molecule has 136 valence electrons. The van der Waals surface area contributed by atoms with Gasteiger partial charge in [0.1, 0.15) is 5.82 Å². The number of carbonyl (C=O) groups excluding carboxylic acids is 1. The Kier molecular flexibility index (Phi) is 5.33. The molecule has 1 aromatic carbocycles. The third kappa shape index (κ3) is 3.91. The first-order valence-corrected chi connectivity index (χ1v) is 9.49. The molecule has 0 aliphatic rings. The summed E-state index contributed by atoms with van der Waals surface area (Å²) in [6, 6.07) is 5.38. The molecule has 0 saturated carbocycles. The molecule has 2 heterocycles. The first-order chi connectivity index (χ1) is 12.4. The van der Waals surface area contributed by atoms with E-state index in [1.807, 2.05) is 12.3 Å². The van der Waals surface area contributed by atoms with Gasteiger partial charge in [-0.2, -0.15) is 0 Å². The van der Waals surface area contributed by atoms with Crippen molar-refractivity contribution in [3.8, 4) is 0 Å². The number of rotatable bonds is 5. The molecular weight excluding hydrogens is 374 g/mol. The van der Waals surface area contributed by atoms with Crippen LogP contribution in [0.3, 0.4) is 0 Å². The van der Waals surface area contributed by atoms with Crippen LogP contribution in [0.4, 0.5) is 0 Å². The maximum Gasteiger partial charge on any atom is 0.255 e. The van der Waals surface area contributed by atoms with E-state index in [2.05, 4.69) is 19.9 Å². The van der Waals surface area contributed by atoms with Crippen molar-refractivity contribution in [2.24, 2.45) is 0 Å². The van der Waals surface area contributed by atoms with E-state index in [9.17, 15) is 9.59 Å². The average Bonchev–Trinajstić information content (AvgIpc) is 2.98. The molecule has 0 unspecified atom stereocenters. The molecule has 0 spiro atoms. The molecule has 2 N–H and O–H groups in total. The lowest BCUT2D eigenvalue weighted by Crippen LogP contribution is -2.31. The fourth-order valence-electron chi connectivity index (χ4n) is 2.60. The molecule has 0 fully saturated rings. The molecule has 0 atom stereocenters. The first kappa shape index (κ1) is 18.5. The number of imidazole rings is 1. The third-order valence-electron chi connectivity index (χ3n) is 4.03. The van der Waals surface area contributed by atoms with Gasteiger partial charge in [-0.3, -0.25) is 9.59 Å². The number of nitrogens with one attached hydrogen (secondary N) is 2. The van der Waals surface area contributed by atoms with Gasteiger partial charge in [0.15, 0.2) is 5.16 Å². The Morgan fingerprint density at radius 2 is 2.08 bits per heavy atom. The number of fused-ring (bicyclic) bond motifs is 1. The number of aromatic nitrogens is 4. The topological polar surface area (TPSA) is 94.7 Å². The van der Waals surface area contributed by atoms with Gasteiger partial charge in [-0.1, -0.05) is 23.4 Å². The summed E-state index contributed by atoms with van der Waals surface area (Å²) >= 11 is 7.33. The molecule has 0 saturated heterocycles. The van der Waals surface area contributed by atoms with E-state index in [0.29, 0.717) is 33.8 Å². The number of halogens is 1.